The maximum atomic E-state index is 10.4. The van der Waals surface area contributed by atoms with Crippen LogP contribution in [0.5, 0.6) is 0 Å². The number of amidine groups is 1. The molecule has 0 aromatic heterocycles. The Morgan fingerprint density at radius 2 is 2.43 bits per heavy atom. The molecule has 7 nitrogen and oxygen atoms in total. The summed E-state index contributed by atoms with van der Waals surface area (Å²) < 4.78 is 5.42. The fourth-order valence-electron chi connectivity index (χ4n) is 2.47. The zero-order valence-electron chi connectivity index (χ0n) is 13.1. The van der Waals surface area contributed by atoms with Gasteiger partial charge in [0, 0.05) is 25.7 Å². The van der Waals surface area contributed by atoms with Crippen molar-refractivity contribution < 1.29 is 9.77 Å². The average Bonchev–Trinajstić information content (AvgIpc) is 2.95. The molecule has 0 amide bonds. The van der Waals surface area contributed by atoms with E-state index in [1.165, 1.54) is 11.8 Å². The van der Waals surface area contributed by atoms with E-state index in [0.29, 0.717) is 23.7 Å². The van der Waals surface area contributed by atoms with E-state index >= 15 is 0 Å². The normalized spacial score (nSPS) is 20.8. The predicted molar refractivity (Wildman–Crippen MR) is 86.2 cm³/mol. The van der Waals surface area contributed by atoms with Crippen molar-refractivity contribution in [3.63, 3.8) is 0 Å². The molecule has 0 bridgehead atoms. The Hall–Kier alpha value is -0.860. The minimum Gasteiger partial charge on any atom is -0.381 e. The highest BCUT2D eigenvalue weighted by Gasteiger charge is 2.21. The first-order valence-electron chi connectivity index (χ1n) is 7.39. The molecule has 0 aromatic rings. The first-order valence-corrected chi connectivity index (χ1v) is 8.61. The van der Waals surface area contributed by atoms with Gasteiger partial charge in [-0.05, 0) is 38.5 Å². The molecule has 2 atom stereocenters. The van der Waals surface area contributed by atoms with E-state index in [-0.39, 0.29) is 0 Å². The number of hydrazone groups is 1. The molecule has 1 aliphatic heterocycles. The molecule has 1 rings (SSSR count). The Labute approximate surface area is 130 Å². The number of nitro groups is 1. The molecule has 1 heterocycles. The Kier molecular flexibility index (Phi) is 8.63. The molecule has 0 aromatic carbocycles. The Bertz CT molecular complexity index is 348. The second-order valence-electron chi connectivity index (χ2n) is 5.23. The van der Waals surface area contributed by atoms with Crippen LogP contribution in [-0.2, 0) is 4.74 Å². The smallest absolute Gasteiger partial charge is 0.234 e. The van der Waals surface area contributed by atoms with Crippen LogP contribution in [0.25, 0.3) is 0 Å². The van der Waals surface area contributed by atoms with E-state index in [1.807, 2.05) is 0 Å². The highest BCUT2D eigenvalue weighted by molar-refractivity contribution is 8.13. The number of nitrogens with one attached hydrogen (secondary N) is 1. The molecule has 1 saturated heterocycles. The minimum absolute atomic E-state index is 0.361. The molecule has 0 saturated carbocycles. The van der Waals surface area contributed by atoms with Gasteiger partial charge in [0.2, 0.25) is 5.17 Å². The molecule has 1 N–H and O–H groups in total. The molecule has 21 heavy (non-hydrogen) atoms. The van der Waals surface area contributed by atoms with Gasteiger partial charge in [-0.25, -0.2) is 10.1 Å². The Balaban J connectivity index is 2.32. The largest absolute Gasteiger partial charge is 0.381 e. The van der Waals surface area contributed by atoms with Gasteiger partial charge in [0.1, 0.15) is 0 Å². The van der Waals surface area contributed by atoms with Crippen molar-refractivity contribution in [2.45, 2.75) is 32.7 Å². The van der Waals surface area contributed by atoms with Gasteiger partial charge >= 0.3 is 0 Å². The van der Waals surface area contributed by atoms with Crippen molar-refractivity contribution in [3.8, 4) is 0 Å². The van der Waals surface area contributed by atoms with E-state index in [9.17, 15) is 10.1 Å². The van der Waals surface area contributed by atoms with Gasteiger partial charge < -0.3 is 15.0 Å². The standard InChI is InChI=1S/C13H26N4O3S/c1-4-16(9-12-6-8-20-10-12)11(2)5-7-14-13(21-3)15-17(18)19/h11-12H,4-10H2,1-3H3,(H,14,15). The Morgan fingerprint density at radius 1 is 1.67 bits per heavy atom. The van der Waals surface area contributed by atoms with Crippen LogP contribution in [0.4, 0.5) is 0 Å². The minimum atomic E-state index is -0.666. The van der Waals surface area contributed by atoms with Crippen molar-refractivity contribution in [1.82, 2.24) is 10.2 Å². The second kappa shape index (κ2) is 9.97. The van der Waals surface area contributed by atoms with Gasteiger partial charge in [0.15, 0.2) is 5.03 Å². The lowest BCUT2D eigenvalue weighted by molar-refractivity contribution is -0.484. The van der Waals surface area contributed by atoms with E-state index in [1.54, 1.807) is 6.26 Å². The van der Waals surface area contributed by atoms with Crippen LogP contribution in [0, 0.1) is 16.0 Å². The van der Waals surface area contributed by atoms with Crippen LogP contribution < -0.4 is 5.32 Å². The summed E-state index contributed by atoms with van der Waals surface area (Å²) in [4.78, 5) is 12.8. The van der Waals surface area contributed by atoms with Gasteiger partial charge in [0.25, 0.3) is 0 Å². The fraction of sp³-hybridized carbons (Fsp3) is 0.923. The van der Waals surface area contributed by atoms with Crippen LogP contribution in [-0.4, -0.2) is 60.2 Å². The molecule has 1 aliphatic rings. The molecule has 0 spiro atoms. The van der Waals surface area contributed by atoms with Gasteiger partial charge in [-0.1, -0.05) is 18.7 Å². The van der Waals surface area contributed by atoms with Gasteiger partial charge in [0.05, 0.1) is 11.7 Å². The zero-order valence-corrected chi connectivity index (χ0v) is 13.9. The number of nitrogens with zero attached hydrogens (tertiary/aromatic N) is 3. The third-order valence-corrected chi connectivity index (χ3v) is 4.36. The fourth-order valence-corrected chi connectivity index (χ4v) is 2.87. The first kappa shape index (κ1) is 18.2. The summed E-state index contributed by atoms with van der Waals surface area (Å²) in [6, 6.07) is 0.432. The maximum absolute atomic E-state index is 10.4. The van der Waals surface area contributed by atoms with Gasteiger partial charge in [-0.2, -0.15) is 0 Å². The highest BCUT2D eigenvalue weighted by Crippen LogP contribution is 2.16. The molecule has 0 radical (unpaired) electrons. The van der Waals surface area contributed by atoms with Crippen LogP contribution in [0.1, 0.15) is 26.7 Å². The summed E-state index contributed by atoms with van der Waals surface area (Å²) in [5, 5.41) is 16.4. The lowest BCUT2D eigenvalue weighted by Crippen LogP contribution is -2.39. The van der Waals surface area contributed by atoms with Crippen molar-refractivity contribution in [1.29, 1.82) is 0 Å². The van der Waals surface area contributed by atoms with Gasteiger partial charge in [-0.15, -0.1) is 0 Å². The summed E-state index contributed by atoms with van der Waals surface area (Å²) in [5.74, 6) is 0.637. The van der Waals surface area contributed by atoms with E-state index in [4.69, 9.17) is 4.74 Å². The Morgan fingerprint density at radius 3 is 2.95 bits per heavy atom. The molecule has 2 unspecified atom stereocenters. The summed E-state index contributed by atoms with van der Waals surface area (Å²) in [6.07, 6.45) is 3.85. The molecule has 8 heteroatoms. The molecular formula is C13H26N4O3S. The van der Waals surface area contributed by atoms with Crippen LogP contribution in [0.3, 0.4) is 0 Å². The number of rotatable bonds is 8. The van der Waals surface area contributed by atoms with Crippen LogP contribution >= 0.6 is 11.8 Å². The van der Waals surface area contributed by atoms with E-state index in [0.717, 1.165) is 39.1 Å². The third kappa shape index (κ3) is 7.10. The second-order valence-corrected chi connectivity index (χ2v) is 6.02. The third-order valence-electron chi connectivity index (χ3n) is 3.75. The summed E-state index contributed by atoms with van der Waals surface area (Å²) in [5.41, 5.74) is 0. The maximum Gasteiger partial charge on any atom is 0.234 e. The van der Waals surface area contributed by atoms with E-state index in [2.05, 4.69) is 29.2 Å². The van der Waals surface area contributed by atoms with Gasteiger partial charge in [-0.3, -0.25) is 0 Å². The SMILES string of the molecule is CCN(CC1CCOC1)C(C)CCNC(=N[N+](=O)[O-])SC. The quantitative estimate of drug-likeness (QED) is 0.317. The van der Waals surface area contributed by atoms with E-state index < -0.39 is 5.03 Å². The van der Waals surface area contributed by atoms with Crippen LogP contribution in [0.15, 0.2) is 5.10 Å². The van der Waals surface area contributed by atoms with Crippen molar-refractivity contribution >= 4 is 16.9 Å². The highest BCUT2D eigenvalue weighted by atomic mass is 32.2. The number of hydrogen-bond donors (Lipinski definition) is 1. The monoisotopic (exact) mass is 318 g/mol. The lowest BCUT2D eigenvalue weighted by atomic mass is 10.1. The number of ether oxygens (including phenoxy) is 1. The van der Waals surface area contributed by atoms with Crippen molar-refractivity contribution in [2.75, 3.05) is 39.1 Å². The van der Waals surface area contributed by atoms with Crippen LogP contribution in [0.2, 0.25) is 0 Å². The zero-order chi connectivity index (χ0) is 15.7. The van der Waals surface area contributed by atoms with Crippen molar-refractivity contribution in [3.05, 3.63) is 10.1 Å². The summed E-state index contributed by atoms with van der Waals surface area (Å²) >= 11 is 1.26. The molecule has 122 valence electrons. The number of hydrogen-bond acceptors (Lipinski definition) is 5. The van der Waals surface area contributed by atoms with Crippen molar-refractivity contribution in [2.24, 2.45) is 11.0 Å². The first-order chi connectivity index (χ1) is 10.1. The molecule has 1 fully saturated rings. The summed E-state index contributed by atoms with van der Waals surface area (Å²) in [7, 11) is 0. The lowest BCUT2D eigenvalue weighted by Gasteiger charge is -2.30. The molecule has 0 aliphatic carbocycles. The predicted octanol–water partition coefficient (Wildman–Crippen LogP) is 1.62. The topological polar surface area (TPSA) is 80.0 Å². The molecular weight excluding hydrogens is 292 g/mol. The number of thioether (sulfide) groups is 1. The average molecular weight is 318 g/mol. The summed E-state index contributed by atoms with van der Waals surface area (Å²) in [6.45, 7) is 8.88.